The maximum absolute atomic E-state index is 13.2. The molecule has 0 fully saturated rings. The van der Waals surface area contributed by atoms with Crippen LogP contribution < -0.4 is 19.5 Å². The van der Waals surface area contributed by atoms with Gasteiger partial charge in [0.15, 0.2) is 5.76 Å². The molecule has 35 heavy (non-hydrogen) atoms. The number of ether oxygens (including phenoxy) is 2. The average molecular weight is 497 g/mol. The SMILES string of the molecule is COc1ccc(NC(=O)c2occc2COc2ccccc2)cc1NS(=O)(=O)c1ccc(F)cc1. The topological polar surface area (TPSA) is 107 Å². The maximum Gasteiger partial charge on any atom is 0.291 e. The Bertz CT molecular complexity index is 1420. The van der Waals surface area contributed by atoms with Gasteiger partial charge in [-0.2, -0.15) is 0 Å². The van der Waals surface area contributed by atoms with Crippen molar-refractivity contribution in [3.63, 3.8) is 0 Å². The first kappa shape index (κ1) is 23.8. The molecule has 8 nitrogen and oxygen atoms in total. The Kier molecular flexibility index (Phi) is 7.02. The van der Waals surface area contributed by atoms with Gasteiger partial charge in [0.25, 0.3) is 15.9 Å². The summed E-state index contributed by atoms with van der Waals surface area (Å²) in [6.07, 6.45) is 1.38. The first-order valence-corrected chi connectivity index (χ1v) is 11.9. The van der Waals surface area contributed by atoms with Gasteiger partial charge in [-0.05, 0) is 60.7 Å². The zero-order chi connectivity index (χ0) is 24.8. The summed E-state index contributed by atoms with van der Waals surface area (Å²) in [7, 11) is -2.66. The number of para-hydroxylation sites is 1. The molecule has 4 aromatic rings. The molecule has 0 aliphatic carbocycles. The Hall–Kier alpha value is -4.31. The van der Waals surface area contributed by atoms with Crippen LogP contribution in [0.5, 0.6) is 11.5 Å². The number of benzene rings is 3. The van der Waals surface area contributed by atoms with Gasteiger partial charge in [0.2, 0.25) is 0 Å². The molecule has 0 radical (unpaired) electrons. The second-order valence-corrected chi connectivity index (χ2v) is 8.99. The molecule has 0 bridgehead atoms. The van der Waals surface area contributed by atoms with E-state index in [1.54, 1.807) is 24.3 Å². The summed E-state index contributed by atoms with van der Waals surface area (Å²) in [5, 5.41) is 2.68. The molecule has 3 aromatic carbocycles. The number of hydrogen-bond donors (Lipinski definition) is 2. The van der Waals surface area contributed by atoms with Gasteiger partial charge in [-0.1, -0.05) is 18.2 Å². The molecule has 10 heteroatoms. The lowest BCUT2D eigenvalue weighted by molar-refractivity contribution is 0.0993. The number of halogens is 1. The number of anilines is 2. The van der Waals surface area contributed by atoms with Crippen molar-refractivity contribution < 1.29 is 31.5 Å². The number of methoxy groups -OCH3 is 1. The number of furan rings is 1. The van der Waals surface area contributed by atoms with Gasteiger partial charge in [-0.3, -0.25) is 9.52 Å². The molecule has 0 atom stereocenters. The summed E-state index contributed by atoms with van der Waals surface area (Å²) in [6, 6.07) is 19.6. The molecule has 4 rings (SSSR count). The Balaban J connectivity index is 1.51. The van der Waals surface area contributed by atoms with Crippen LogP contribution in [0.2, 0.25) is 0 Å². The first-order chi connectivity index (χ1) is 16.9. The van der Waals surface area contributed by atoms with E-state index in [1.165, 1.54) is 25.5 Å². The summed E-state index contributed by atoms with van der Waals surface area (Å²) >= 11 is 0. The minimum Gasteiger partial charge on any atom is -0.495 e. The van der Waals surface area contributed by atoms with E-state index in [1.807, 2.05) is 18.2 Å². The molecule has 0 unspecified atom stereocenters. The Morgan fingerprint density at radius 3 is 2.46 bits per heavy atom. The van der Waals surface area contributed by atoms with Crippen LogP contribution in [0.25, 0.3) is 0 Å². The minimum atomic E-state index is -4.04. The Morgan fingerprint density at radius 1 is 1.00 bits per heavy atom. The lowest BCUT2D eigenvalue weighted by Gasteiger charge is -2.14. The summed E-state index contributed by atoms with van der Waals surface area (Å²) in [6.45, 7) is 0.120. The summed E-state index contributed by atoms with van der Waals surface area (Å²) in [4.78, 5) is 12.7. The van der Waals surface area contributed by atoms with Crippen molar-refractivity contribution in [3.8, 4) is 11.5 Å². The largest absolute Gasteiger partial charge is 0.495 e. The van der Waals surface area contributed by atoms with Crippen molar-refractivity contribution in [3.05, 3.63) is 102 Å². The van der Waals surface area contributed by atoms with E-state index in [-0.39, 0.29) is 28.7 Å². The van der Waals surface area contributed by atoms with Crippen LogP contribution in [0.15, 0.2) is 94.4 Å². The highest BCUT2D eigenvalue weighted by atomic mass is 32.2. The second kappa shape index (κ2) is 10.3. The van der Waals surface area contributed by atoms with Crippen molar-refractivity contribution in [2.75, 3.05) is 17.1 Å². The maximum atomic E-state index is 13.2. The monoisotopic (exact) mass is 496 g/mol. The number of sulfonamides is 1. The Morgan fingerprint density at radius 2 is 1.74 bits per heavy atom. The van der Waals surface area contributed by atoms with Crippen LogP contribution in [-0.2, 0) is 16.6 Å². The van der Waals surface area contributed by atoms with Gasteiger partial charge >= 0.3 is 0 Å². The quantitative estimate of drug-likeness (QED) is 0.336. The molecule has 180 valence electrons. The fraction of sp³-hybridized carbons (Fsp3) is 0.0800. The van der Waals surface area contributed by atoms with Crippen LogP contribution in [0.1, 0.15) is 16.1 Å². The van der Waals surface area contributed by atoms with E-state index in [0.29, 0.717) is 17.0 Å². The van der Waals surface area contributed by atoms with Crippen LogP contribution in [0, 0.1) is 5.82 Å². The summed E-state index contributed by atoms with van der Waals surface area (Å²) in [5.41, 5.74) is 0.915. The molecule has 0 aliphatic rings. The fourth-order valence-electron chi connectivity index (χ4n) is 3.20. The lowest BCUT2D eigenvalue weighted by Crippen LogP contribution is -2.16. The van der Waals surface area contributed by atoms with E-state index in [9.17, 15) is 17.6 Å². The van der Waals surface area contributed by atoms with Crippen molar-refractivity contribution in [1.29, 1.82) is 0 Å². The van der Waals surface area contributed by atoms with Crippen molar-refractivity contribution in [1.82, 2.24) is 0 Å². The number of carbonyl (C=O) groups excluding carboxylic acids is 1. The zero-order valence-corrected chi connectivity index (χ0v) is 19.3. The average Bonchev–Trinajstić information content (AvgIpc) is 3.32. The van der Waals surface area contributed by atoms with Crippen molar-refractivity contribution in [2.45, 2.75) is 11.5 Å². The van der Waals surface area contributed by atoms with E-state index in [4.69, 9.17) is 13.9 Å². The molecular formula is C25H21FN2O6S. The molecule has 0 saturated carbocycles. The number of nitrogens with one attached hydrogen (secondary N) is 2. The normalized spacial score (nSPS) is 11.0. The summed E-state index contributed by atoms with van der Waals surface area (Å²) < 4.78 is 57.3. The van der Waals surface area contributed by atoms with E-state index in [2.05, 4.69) is 10.0 Å². The molecule has 1 amide bonds. The third-order valence-electron chi connectivity index (χ3n) is 4.92. The van der Waals surface area contributed by atoms with Gasteiger partial charge < -0.3 is 19.2 Å². The molecule has 0 spiro atoms. The van der Waals surface area contributed by atoms with Crippen LogP contribution >= 0.6 is 0 Å². The molecule has 1 heterocycles. The molecule has 0 aliphatic heterocycles. The summed E-state index contributed by atoms with van der Waals surface area (Å²) in [5.74, 6) is -0.168. The van der Waals surface area contributed by atoms with E-state index in [0.717, 1.165) is 24.3 Å². The third kappa shape index (κ3) is 5.79. The first-order valence-electron chi connectivity index (χ1n) is 10.4. The van der Waals surface area contributed by atoms with E-state index >= 15 is 0 Å². The predicted molar refractivity (Wildman–Crippen MR) is 128 cm³/mol. The molecule has 0 saturated heterocycles. The van der Waals surface area contributed by atoms with Gasteiger partial charge in [0.05, 0.1) is 24.0 Å². The van der Waals surface area contributed by atoms with Crippen molar-refractivity contribution >= 4 is 27.3 Å². The molecule has 2 N–H and O–H groups in total. The standard InChI is InChI=1S/C25H21FN2O6S/c1-32-23-12-9-19(15-22(23)28-35(30,31)21-10-7-18(26)8-11-21)27-25(29)24-17(13-14-33-24)16-34-20-5-3-2-4-6-20/h2-15,28H,16H2,1H3,(H,27,29). The van der Waals surface area contributed by atoms with Gasteiger partial charge in [-0.15, -0.1) is 0 Å². The predicted octanol–water partition coefficient (Wildman–Crippen LogP) is 5.06. The highest BCUT2D eigenvalue weighted by molar-refractivity contribution is 7.92. The highest BCUT2D eigenvalue weighted by Crippen LogP contribution is 2.30. The van der Waals surface area contributed by atoms with Crippen LogP contribution in [0.3, 0.4) is 0 Å². The van der Waals surface area contributed by atoms with Gasteiger partial charge in [-0.25, -0.2) is 12.8 Å². The Labute approximate surface area is 201 Å². The molecular weight excluding hydrogens is 475 g/mol. The number of rotatable bonds is 9. The number of amides is 1. The lowest BCUT2D eigenvalue weighted by atomic mass is 10.2. The third-order valence-corrected chi connectivity index (χ3v) is 6.30. The highest BCUT2D eigenvalue weighted by Gasteiger charge is 2.20. The fourth-order valence-corrected chi connectivity index (χ4v) is 4.26. The van der Waals surface area contributed by atoms with Gasteiger partial charge in [0, 0.05) is 11.3 Å². The smallest absolute Gasteiger partial charge is 0.291 e. The van der Waals surface area contributed by atoms with Gasteiger partial charge in [0.1, 0.15) is 23.9 Å². The second-order valence-electron chi connectivity index (χ2n) is 7.31. The van der Waals surface area contributed by atoms with Crippen LogP contribution in [-0.4, -0.2) is 21.4 Å². The number of carbonyl (C=O) groups is 1. The minimum absolute atomic E-state index is 0.0604. The van der Waals surface area contributed by atoms with Crippen molar-refractivity contribution in [2.24, 2.45) is 0 Å². The van der Waals surface area contributed by atoms with E-state index < -0.39 is 21.7 Å². The molecule has 1 aromatic heterocycles. The zero-order valence-electron chi connectivity index (χ0n) is 18.5. The van der Waals surface area contributed by atoms with Crippen LogP contribution in [0.4, 0.5) is 15.8 Å². The number of hydrogen-bond acceptors (Lipinski definition) is 6.